The van der Waals surface area contributed by atoms with Crippen molar-refractivity contribution in [3.05, 3.63) is 36.2 Å². The van der Waals surface area contributed by atoms with Gasteiger partial charge in [0, 0.05) is 31.6 Å². The Morgan fingerprint density at radius 3 is 2.48 bits per heavy atom. The minimum atomic E-state index is 0.292. The highest BCUT2D eigenvalue weighted by molar-refractivity contribution is 5.82. The molecular formula is C23H31N5O. The van der Waals surface area contributed by atoms with Crippen LogP contribution in [0.5, 0.6) is 0 Å². The van der Waals surface area contributed by atoms with E-state index in [1.807, 2.05) is 18.2 Å². The molecular weight excluding hydrogens is 362 g/mol. The Labute approximate surface area is 172 Å². The van der Waals surface area contributed by atoms with Gasteiger partial charge in [-0.05, 0) is 57.0 Å². The molecule has 1 unspecified atom stereocenters. The first-order valence-electron chi connectivity index (χ1n) is 11.1. The summed E-state index contributed by atoms with van der Waals surface area (Å²) < 4.78 is 2.11. The SMILES string of the molecule is Cn1c(CN2CCC3(CC2)CC3C(=O)N2CCCCC2)nnc1-c1ccccc1. The van der Waals surface area contributed by atoms with Gasteiger partial charge in [-0.15, -0.1) is 10.2 Å². The number of hydrogen-bond donors (Lipinski definition) is 0. The van der Waals surface area contributed by atoms with E-state index in [-0.39, 0.29) is 0 Å². The number of piperidine rings is 2. The largest absolute Gasteiger partial charge is 0.342 e. The van der Waals surface area contributed by atoms with Crippen molar-refractivity contribution < 1.29 is 4.79 Å². The average Bonchev–Trinajstić information content (AvgIpc) is 3.36. The van der Waals surface area contributed by atoms with Crippen LogP contribution in [0.25, 0.3) is 11.4 Å². The average molecular weight is 394 g/mol. The van der Waals surface area contributed by atoms with Gasteiger partial charge in [-0.2, -0.15) is 0 Å². The molecule has 154 valence electrons. The van der Waals surface area contributed by atoms with Crippen molar-refractivity contribution in [1.29, 1.82) is 0 Å². The molecule has 3 aliphatic rings. The van der Waals surface area contributed by atoms with E-state index >= 15 is 0 Å². The third-order valence-electron chi connectivity index (χ3n) is 7.37. The lowest BCUT2D eigenvalue weighted by molar-refractivity contribution is -0.134. The maximum Gasteiger partial charge on any atom is 0.226 e. The van der Waals surface area contributed by atoms with E-state index in [4.69, 9.17) is 0 Å². The predicted octanol–water partition coefficient (Wildman–Crippen LogP) is 3.10. The van der Waals surface area contributed by atoms with Crippen LogP contribution in [-0.4, -0.2) is 56.7 Å². The zero-order valence-electron chi connectivity index (χ0n) is 17.4. The van der Waals surface area contributed by atoms with Gasteiger partial charge in [0.25, 0.3) is 0 Å². The van der Waals surface area contributed by atoms with Gasteiger partial charge in [0.15, 0.2) is 5.82 Å². The summed E-state index contributed by atoms with van der Waals surface area (Å²) in [6.45, 7) is 4.90. The van der Waals surface area contributed by atoms with Crippen LogP contribution in [0.3, 0.4) is 0 Å². The minimum Gasteiger partial charge on any atom is -0.342 e. The lowest BCUT2D eigenvalue weighted by atomic mass is 9.90. The Bertz CT molecular complexity index is 863. The van der Waals surface area contributed by atoms with Crippen LogP contribution in [0.4, 0.5) is 0 Å². The highest BCUT2D eigenvalue weighted by Gasteiger charge is 2.59. The van der Waals surface area contributed by atoms with Crippen LogP contribution in [0, 0.1) is 11.3 Å². The van der Waals surface area contributed by atoms with Crippen molar-refractivity contribution in [3.8, 4) is 11.4 Å². The van der Waals surface area contributed by atoms with E-state index in [9.17, 15) is 4.79 Å². The van der Waals surface area contributed by atoms with E-state index in [2.05, 4.69) is 43.7 Å². The first-order chi connectivity index (χ1) is 14.2. The van der Waals surface area contributed by atoms with E-state index in [1.165, 1.54) is 19.3 Å². The van der Waals surface area contributed by atoms with Crippen LogP contribution >= 0.6 is 0 Å². The number of likely N-dealkylation sites (tertiary alicyclic amines) is 2. The molecule has 2 saturated heterocycles. The van der Waals surface area contributed by atoms with Gasteiger partial charge in [0.1, 0.15) is 5.82 Å². The number of benzene rings is 1. The van der Waals surface area contributed by atoms with Crippen LogP contribution in [0.2, 0.25) is 0 Å². The summed E-state index contributed by atoms with van der Waals surface area (Å²) >= 11 is 0. The second-order valence-corrected chi connectivity index (χ2v) is 9.15. The summed E-state index contributed by atoms with van der Waals surface area (Å²) in [4.78, 5) is 17.5. The van der Waals surface area contributed by atoms with Gasteiger partial charge in [-0.3, -0.25) is 9.69 Å². The zero-order chi connectivity index (χ0) is 19.8. The maximum absolute atomic E-state index is 12.9. The molecule has 0 bridgehead atoms. The smallest absolute Gasteiger partial charge is 0.226 e. The summed E-state index contributed by atoms with van der Waals surface area (Å²) in [5.74, 6) is 2.67. The molecule has 1 aliphatic carbocycles. The molecule has 3 heterocycles. The molecule has 6 heteroatoms. The summed E-state index contributed by atoms with van der Waals surface area (Å²) in [7, 11) is 2.05. The third kappa shape index (κ3) is 3.59. The summed E-state index contributed by atoms with van der Waals surface area (Å²) in [6, 6.07) is 10.2. The Morgan fingerprint density at radius 2 is 1.76 bits per heavy atom. The molecule has 2 aliphatic heterocycles. The van der Waals surface area contributed by atoms with Gasteiger partial charge >= 0.3 is 0 Å². The fourth-order valence-corrected chi connectivity index (χ4v) is 5.28. The second kappa shape index (κ2) is 7.56. The Hall–Kier alpha value is -2.21. The van der Waals surface area contributed by atoms with Crippen molar-refractivity contribution >= 4 is 5.91 Å². The van der Waals surface area contributed by atoms with Gasteiger partial charge in [0.05, 0.1) is 6.54 Å². The van der Waals surface area contributed by atoms with Crippen molar-refractivity contribution in [2.45, 2.75) is 45.1 Å². The minimum absolute atomic E-state index is 0.292. The fraction of sp³-hybridized carbons (Fsp3) is 0.609. The van der Waals surface area contributed by atoms with Gasteiger partial charge in [-0.25, -0.2) is 0 Å². The first-order valence-corrected chi connectivity index (χ1v) is 11.1. The fourth-order valence-electron chi connectivity index (χ4n) is 5.28. The van der Waals surface area contributed by atoms with Crippen LogP contribution in [-0.2, 0) is 18.4 Å². The highest BCUT2D eigenvalue weighted by atomic mass is 16.2. The van der Waals surface area contributed by atoms with Crippen molar-refractivity contribution in [1.82, 2.24) is 24.6 Å². The van der Waals surface area contributed by atoms with E-state index in [1.54, 1.807) is 0 Å². The van der Waals surface area contributed by atoms with Crippen LogP contribution in [0.15, 0.2) is 30.3 Å². The molecule has 1 atom stereocenters. The molecule has 2 aromatic rings. The van der Waals surface area contributed by atoms with Crippen LogP contribution < -0.4 is 0 Å². The quantitative estimate of drug-likeness (QED) is 0.801. The zero-order valence-corrected chi connectivity index (χ0v) is 17.4. The van der Waals surface area contributed by atoms with Crippen LogP contribution in [0.1, 0.15) is 44.3 Å². The molecule has 29 heavy (non-hydrogen) atoms. The lowest BCUT2D eigenvalue weighted by Crippen LogP contribution is -2.40. The lowest BCUT2D eigenvalue weighted by Gasteiger charge is -2.33. The van der Waals surface area contributed by atoms with Crippen molar-refractivity contribution in [2.75, 3.05) is 26.2 Å². The summed E-state index contributed by atoms with van der Waals surface area (Å²) in [5.41, 5.74) is 1.39. The van der Waals surface area contributed by atoms with E-state index in [0.717, 1.165) is 69.2 Å². The molecule has 1 aromatic heterocycles. The number of carbonyl (C=O) groups excluding carboxylic acids is 1. The molecule has 0 N–H and O–H groups in total. The second-order valence-electron chi connectivity index (χ2n) is 9.15. The Morgan fingerprint density at radius 1 is 1.03 bits per heavy atom. The standard InChI is InChI=1S/C23H31N5O/c1-26-20(24-25-21(26)18-8-4-2-5-9-18)17-27-14-10-23(11-15-27)16-19(23)22(29)28-12-6-3-7-13-28/h2,4-5,8-9,19H,3,6-7,10-17H2,1H3. The molecule has 5 rings (SSSR count). The molecule has 0 radical (unpaired) electrons. The summed E-state index contributed by atoms with van der Waals surface area (Å²) in [5, 5.41) is 8.87. The van der Waals surface area contributed by atoms with E-state index in [0.29, 0.717) is 17.2 Å². The van der Waals surface area contributed by atoms with E-state index < -0.39 is 0 Å². The van der Waals surface area contributed by atoms with Crippen molar-refractivity contribution in [3.63, 3.8) is 0 Å². The number of aromatic nitrogens is 3. The van der Waals surface area contributed by atoms with Crippen molar-refractivity contribution in [2.24, 2.45) is 18.4 Å². The third-order valence-corrected chi connectivity index (χ3v) is 7.37. The summed E-state index contributed by atoms with van der Waals surface area (Å²) in [6.07, 6.45) is 7.03. The number of carbonyl (C=O) groups is 1. The monoisotopic (exact) mass is 393 g/mol. The number of nitrogens with zero attached hydrogens (tertiary/aromatic N) is 5. The topological polar surface area (TPSA) is 54.3 Å². The molecule has 3 fully saturated rings. The van der Waals surface area contributed by atoms with Gasteiger partial charge in [0.2, 0.25) is 5.91 Å². The molecule has 1 aromatic carbocycles. The molecule has 1 spiro atoms. The number of hydrogen-bond acceptors (Lipinski definition) is 4. The van der Waals surface area contributed by atoms with Gasteiger partial charge in [-0.1, -0.05) is 30.3 Å². The number of amides is 1. The first kappa shape index (κ1) is 18.8. The Balaban J connectivity index is 1.17. The molecule has 6 nitrogen and oxygen atoms in total. The highest BCUT2D eigenvalue weighted by Crippen LogP contribution is 2.60. The van der Waals surface area contributed by atoms with Gasteiger partial charge < -0.3 is 9.47 Å². The predicted molar refractivity (Wildman–Crippen MR) is 112 cm³/mol. The Kier molecular flexibility index (Phi) is 4.90. The number of rotatable bonds is 4. The molecule has 1 saturated carbocycles. The normalized spacial score (nSPS) is 24.0. The molecule has 1 amide bonds. The maximum atomic E-state index is 12.9.